The summed E-state index contributed by atoms with van der Waals surface area (Å²) in [5.74, 6) is 0.314. The van der Waals surface area contributed by atoms with Gasteiger partial charge in [0, 0.05) is 36.1 Å². The van der Waals surface area contributed by atoms with Crippen LogP contribution in [-0.2, 0) is 12.8 Å². The van der Waals surface area contributed by atoms with Crippen LogP contribution in [0.4, 0.5) is 5.69 Å². The van der Waals surface area contributed by atoms with Crippen LogP contribution in [0.15, 0.2) is 42.5 Å². The van der Waals surface area contributed by atoms with Gasteiger partial charge in [-0.2, -0.15) is 0 Å². The lowest BCUT2D eigenvalue weighted by Crippen LogP contribution is -1.94. The zero-order valence-corrected chi connectivity index (χ0v) is 12.5. The summed E-state index contributed by atoms with van der Waals surface area (Å²) in [6.45, 7) is 0. The van der Waals surface area contributed by atoms with Gasteiger partial charge in [-0.25, -0.2) is 0 Å². The van der Waals surface area contributed by atoms with Crippen molar-refractivity contribution in [1.82, 2.24) is 0 Å². The van der Waals surface area contributed by atoms with Gasteiger partial charge in [0.05, 0.1) is 4.92 Å². The Hall–Kier alpha value is -2.82. The molecule has 0 bridgehead atoms. The second kappa shape index (κ2) is 6.12. The number of ketones is 2. The fourth-order valence-electron chi connectivity index (χ4n) is 2.93. The van der Waals surface area contributed by atoms with Gasteiger partial charge in [0.2, 0.25) is 0 Å². The molecule has 5 heteroatoms. The van der Waals surface area contributed by atoms with Crippen molar-refractivity contribution in [3.63, 3.8) is 0 Å². The van der Waals surface area contributed by atoms with Crippen LogP contribution in [-0.4, -0.2) is 16.5 Å². The van der Waals surface area contributed by atoms with Gasteiger partial charge in [0.25, 0.3) is 5.69 Å². The largest absolute Gasteiger partial charge is 0.294 e. The van der Waals surface area contributed by atoms with Crippen LogP contribution in [0.25, 0.3) is 0 Å². The zero-order valence-electron chi connectivity index (χ0n) is 12.5. The summed E-state index contributed by atoms with van der Waals surface area (Å²) >= 11 is 0. The third kappa shape index (κ3) is 3.04. The predicted octanol–water partition coefficient (Wildman–Crippen LogP) is 3.54. The summed E-state index contributed by atoms with van der Waals surface area (Å²) in [5.41, 5.74) is 3.59. The Kier molecular flexibility index (Phi) is 4.02. The van der Waals surface area contributed by atoms with Crippen LogP contribution >= 0.6 is 0 Å². The molecule has 0 radical (unpaired) electrons. The molecule has 0 N–H and O–H groups in total. The van der Waals surface area contributed by atoms with Gasteiger partial charge in [-0.05, 0) is 24.0 Å². The van der Waals surface area contributed by atoms with Gasteiger partial charge < -0.3 is 0 Å². The summed E-state index contributed by atoms with van der Waals surface area (Å²) in [4.78, 5) is 32.2. The van der Waals surface area contributed by atoms with Gasteiger partial charge in [-0.3, -0.25) is 19.7 Å². The maximum atomic E-state index is 11.2. The lowest BCUT2D eigenvalue weighted by Gasteiger charge is -1.95. The van der Waals surface area contributed by atoms with Crippen molar-refractivity contribution in [3.8, 4) is 0 Å². The number of aryl methyl sites for hydroxylation is 2. The Balaban J connectivity index is 0.000000140. The summed E-state index contributed by atoms with van der Waals surface area (Å²) in [6, 6.07) is 12.3. The van der Waals surface area contributed by atoms with Gasteiger partial charge in [0.15, 0.2) is 11.6 Å². The van der Waals surface area contributed by atoms with Crippen molar-refractivity contribution >= 4 is 17.3 Å². The highest BCUT2D eigenvalue weighted by atomic mass is 16.6. The number of hydrogen-bond donors (Lipinski definition) is 0. The third-order valence-electron chi connectivity index (χ3n) is 4.17. The van der Waals surface area contributed by atoms with E-state index in [1.807, 2.05) is 24.3 Å². The van der Waals surface area contributed by atoms with E-state index in [4.69, 9.17) is 0 Å². The minimum atomic E-state index is -0.480. The molecule has 4 rings (SSSR count). The van der Waals surface area contributed by atoms with Gasteiger partial charge in [-0.15, -0.1) is 0 Å². The molecule has 0 fully saturated rings. The van der Waals surface area contributed by atoms with E-state index in [1.54, 1.807) is 6.07 Å². The van der Waals surface area contributed by atoms with Crippen LogP contribution in [0.3, 0.4) is 0 Å². The second-order valence-corrected chi connectivity index (χ2v) is 5.60. The van der Waals surface area contributed by atoms with E-state index in [0.717, 1.165) is 17.5 Å². The first-order valence-electron chi connectivity index (χ1n) is 7.48. The predicted molar refractivity (Wildman–Crippen MR) is 84.8 cm³/mol. The molecule has 0 aliphatic heterocycles. The highest BCUT2D eigenvalue weighted by Gasteiger charge is 2.21. The molecule has 23 heavy (non-hydrogen) atoms. The molecule has 2 aromatic carbocycles. The van der Waals surface area contributed by atoms with E-state index >= 15 is 0 Å². The highest BCUT2D eigenvalue weighted by molar-refractivity contribution is 6.01. The molecule has 0 unspecified atom stereocenters. The number of fused-ring (bicyclic) bond motifs is 2. The SMILES string of the molecule is O=C1CCc2ccc([N+](=O)[O-])cc21.O=C1CCc2ccccc21. The normalized spacial score (nSPS) is 14.8. The molecule has 2 aromatic rings. The van der Waals surface area contributed by atoms with E-state index in [0.29, 0.717) is 30.6 Å². The number of carbonyl (C=O) groups is 2. The summed E-state index contributed by atoms with van der Waals surface area (Å²) in [7, 11) is 0. The maximum Gasteiger partial charge on any atom is 0.270 e. The van der Waals surface area contributed by atoms with Crippen molar-refractivity contribution in [2.45, 2.75) is 25.7 Å². The van der Waals surface area contributed by atoms with Crippen molar-refractivity contribution < 1.29 is 14.5 Å². The average molecular weight is 309 g/mol. The fraction of sp³-hybridized carbons (Fsp3) is 0.222. The smallest absolute Gasteiger partial charge is 0.270 e. The quantitative estimate of drug-likeness (QED) is 0.596. The molecule has 0 aromatic heterocycles. The molecule has 116 valence electrons. The first-order chi connectivity index (χ1) is 11.1. The number of Topliss-reactive ketones (excluding diaryl/α,β-unsaturated/α-hetero) is 2. The first-order valence-corrected chi connectivity index (χ1v) is 7.48. The lowest BCUT2D eigenvalue weighted by molar-refractivity contribution is -0.384. The van der Waals surface area contributed by atoms with Gasteiger partial charge in [-0.1, -0.05) is 30.3 Å². The van der Waals surface area contributed by atoms with Gasteiger partial charge >= 0.3 is 0 Å². The van der Waals surface area contributed by atoms with Crippen LogP contribution < -0.4 is 0 Å². The van der Waals surface area contributed by atoms with E-state index in [-0.39, 0.29) is 11.5 Å². The molecule has 0 spiro atoms. The number of nitro benzene ring substituents is 1. The molecule has 2 aliphatic rings. The van der Waals surface area contributed by atoms with Gasteiger partial charge in [0.1, 0.15) is 0 Å². The topological polar surface area (TPSA) is 77.3 Å². The molecule has 2 aliphatic carbocycles. The molecule has 0 saturated carbocycles. The molecule has 0 amide bonds. The van der Waals surface area contributed by atoms with Crippen LogP contribution in [0.1, 0.15) is 44.7 Å². The van der Waals surface area contributed by atoms with E-state index in [1.165, 1.54) is 17.7 Å². The maximum absolute atomic E-state index is 11.2. The van der Waals surface area contributed by atoms with Crippen LogP contribution in [0, 0.1) is 10.1 Å². The van der Waals surface area contributed by atoms with Crippen molar-refractivity contribution in [2.24, 2.45) is 0 Å². The minimum absolute atomic E-state index is 0.00556. The monoisotopic (exact) mass is 309 g/mol. The van der Waals surface area contributed by atoms with Crippen molar-refractivity contribution in [1.29, 1.82) is 0 Å². The van der Waals surface area contributed by atoms with E-state index in [9.17, 15) is 19.7 Å². The number of nitro groups is 1. The molecule has 0 saturated heterocycles. The Morgan fingerprint density at radius 1 is 0.783 bits per heavy atom. The minimum Gasteiger partial charge on any atom is -0.294 e. The van der Waals surface area contributed by atoms with Crippen molar-refractivity contribution in [2.75, 3.05) is 0 Å². The molecule has 0 atom stereocenters. The number of carbonyl (C=O) groups excluding carboxylic acids is 2. The number of nitrogens with zero attached hydrogens (tertiary/aromatic N) is 1. The molecule has 5 nitrogen and oxygen atoms in total. The molecular weight excluding hydrogens is 294 g/mol. The van der Waals surface area contributed by atoms with E-state index in [2.05, 4.69) is 0 Å². The number of non-ortho nitro benzene ring substituents is 1. The Bertz CT molecular complexity index is 810. The lowest BCUT2D eigenvalue weighted by atomic mass is 10.1. The fourth-order valence-corrected chi connectivity index (χ4v) is 2.93. The molecule has 0 heterocycles. The number of hydrogen-bond acceptors (Lipinski definition) is 4. The summed E-state index contributed by atoms with van der Waals surface area (Å²) < 4.78 is 0. The third-order valence-corrected chi connectivity index (χ3v) is 4.17. The Labute approximate surface area is 133 Å². The second-order valence-electron chi connectivity index (χ2n) is 5.60. The summed E-state index contributed by atoms with van der Waals surface area (Å²) in [5, 5.41) is 10.4. The Morgan fingerprint density at radius 2 is 1.39 bits per heavy atom. The standard InChI is InChI=1S/C9H7NO3.C9H8O/c11-9-4-2-6-1-3-7(10(12)13)5-8(6)9;10-9-6-5-7-3-1-2-4-8(7)9/h1,3,5H,2,4H2;1-4H,5-6H2. The zero-order chi connectivity index (χ0) is 16.4. The van der Waals surface area contributed by atoms with Crippen molar-refractivity contribution in [3.05, 3.63) is 74.8 Å². The van der Waals surface area contributed by atoms with Crippen LogP contribution in [0.5, 0.6) is 0 Å². The number of benzene rings is 2. The number of rotatable bonds is 1. The van der Waals surface area contributed by atoms with Crippen LogP contribution in [0.2, 0.25) is 0 Å². The Morgan fingerprint density at radius 3 is 2.04 bits per heavy atom. The highest BCUT2D eigenvalue weighted by Crippen LogP contribution is 2.25. The first kappa shape index (κ1) is 15.1. The molecular formula is C18H15NO4. The van der Waals surface area contributed by atoms with E-state index < -0.39 is 4.92 Å². The average Bonchev–Trinajstić information content (AvgIpc) is 3.12. The summed E-state index contributed by atoms with van der Waals surface area (Å²) in [6.07, 6.45) is 2.84.